The second kappa shape index (κ2) is 9.16. The molecule has 0 bridgehead atoms. The van der Waals surface area contributed by atoms with E-state index in [-0.39, 0.29) is 30.1 Å². The molecule has 4 aromatic rings. The van der Waals surface area contributed by atoms with E-state index in [1.165, 1.54) is 4.57 Å². The fraction of sp³-hybridized carbons (Fsp3) is 0.304. The Balaban J connectivity index is 1.89. The molecule has 11 heteroatoms. The molecule has 178 valence electrons. The van der Waals surface area contributed by atoms with E-state index in [4.69, 9.17) is 0 Å². The highest BCUT2D eigenvalue weighted by Crippen LogP contribution is 2.28. The number of aromatic nitrogens is 5. The highest BCUT2D eigenvalue weighted by atomic mass is 19.4. The largest absolute Gasteiger partial charge is 0.417 e. The molecule has 3 aromatic heterocycles. The van der Waals surface area contributed by atoms with E-state index in [0.29, 0.717) is 13.0 Å². The van der Waals surface area contributed by atoms with Crippen molar-refractivity contribution >= 4 is 11.2 Å². The average Bonchev–Trinajstić information content (AvgIpc) is 3.15. The van der Waals surface area contributed by atoms with Crippen molar-refractivity contribution in [3.8, 4) is 0 Å². The maximum Gasteiger partial charge on any atom is 0.417 e. The van der Waals surface area contributed by atoms with Crippen LogP contribution in [0.25, 0.3) is 11.2 Å². The van der Waals surface area contributed by atoms with Gasteiger partial charge in [0.25, 0.3) is 11.1 Å². The Bertz CT molecular complexity index is 1500. The van der Waals surface area contributed by atoms with E-state index in [1.807, 2.05) is 37.3 Å². The summed E-state index contributed by atoms with van der Waals surface area (Å²) >= 11 is 0. The summed E-state index contributed by atoms with van der Waals surface area (Å²) in [7, 11) is 0. The number of aromatic amines is 1. The van der Waals surface area contributed by atoms with E-state index in [2.05, 4.69) is 9.97 Å². The first-order chi connectivity index (χ1) is 16.2. The van der Waals surface area contributed by atoms with Gasteiger partial charge in [-0.25, -0.2) is 9.78 Å². The maximum atomic E-state index is 13.2. The zero-order valence-corrected chi connectivity index (χ0v) is 18.3. The van der Waals surface area contributed by atoms with Crippen LogP contribution in [0, 0.1) is 0 Å². The molecule has 3 heterocycles. The van der Waals surface area contributed by atoms with Crippen molar-refractivity contribution < 1.29 is 13.2 Å². The second-order valence-corrected chi connectivity index (χ2v) is 7.92. The summed E-state index contributed by atoms with van der Waals surface area (Å²) in [6.07, 6.45) is -2.45. The lowest BCUT2D eigenvalue weighted by Crippen LogP contribution is -2.31. The van der Waals surface area contributed by atoms with Crippen molar-refractivity contribution in [1.29, 1.82) is 0 Å². The molecule has 1 aromatic carbocycles. The van der Waals surface area contributed by atoms with Crippen molar-refractivity contribution in [3.05, 3.63) is 96.8 Å². The molecule has 0 atom stereocenters. The number of halogens is 3. The normalized spacial score (nSPS) is 11.9. The fourth-order valence-corrected chi connectivity index (χ4v) is 3.78. The quantitative estimate of drug-likeness (QED) is 0.447. The van der Waals surface area contributed by atoms with E-state index in [9.17, 15) is 27.6 Å². The van der Waals surface area contributed by atoms with Crippen LogP contribution >= 0.6 is 0 Å². The van der Waals surface area contributed by atoms with E-state index >= 15 is 0 Å². The predicted molar refractivity (Wildman–Crippen MR) is 120 cm³/mol. The summed E-state index contributed by atoms with van der Waals surface area (Å²) in [4.78, 5) is 44.5. The fourth-order valence-electron chi connectivity index (χ4n) is 3.78. The topological polar surface area (TPSA) is 94.7 Å². The van der Waals surface area contributed by atoms with Gasteiger partial charge in [-0.2, -0.15) is 13.2 Å². The smallest absolute Gasteiger partial charge is 0.321 e. The Morgan fingerprint density at radius 3 is 2.38 bits per heavy atom. The summed E-state index contributed by atoms with van der Waals surface area (Å²) in [5.74, 6) is 0.211. The SMILES string of the molecule is CCCCn1c(Cn2cc(C(F)(F)F)ccc2=O)nc2c1c(=O)[nH]c(=O)n2Cc1ccccc1. The Labute approximate surface area is 190 Å². The Hall–Kier alpha value is -3.89. The van der Waals surface area contributed by atoms with Crippen LogP contribution in [0.1, 0.15) is 36.7 Å². The number of rotatable bonds is 7. The molecule has 0 aliphatic rings. The molecule has 34 heavy (non-hydrogen) atoms. The van der Waals surface area contributed by atoms with Gasteiger partial charge in [0, 0.05) is 18.8 Å². The first-order valence-corrected chi connectivity index (χ1v) is 10.7. The van der Waals surface area contributed by atoms with Gasteiger partial charge in [-0.3, -0.25) is 19.1 Å². The van der Waals surface area contributed by atoms with Gasteiger partial charge >= 0.3 is 11.9 Å². The number of imidazole rings is 1. The molecule has 0 radical (unpaired) electrons. The summed E-state index contributed by atoms with van der Waals surface area (Å²) in [6.45, 7) is 2.15. The number of aryl methyl sites for hydroxylation is 1. The van der Waals surface area contributed by atoms with Crippen LogP contribution < -0.4 is 16.8 Å². The first-order valence-electron chi connectivity index (χ1n) is 10.7. The molecule has 8 nitrogen and oxygen atoms in total. The van der Waals surface area contributed by atoms with Gasteiger partial charge in [-0.1, -0.05) is 43.7 Å². The number of hydrogen-bond acceptors (Lipinski definition) is 4. The molecule has 0 saturated carbocycles. The van der Waals surface area contributed by atoms with Gasteiger partial charge in [0.2, 0.25) is 0 Å². The molecule has 0 saturated heterocycles. The lowest BCUT2D eigenvalue weighted by Gasteiger charge is -2.12. The molecular weight excluding hydrogens is 451 g/mol. The van der Waals surface area contributed by atoms with Gasteiger partial charge in [-0.15, -0.1) is 0 Å². The number of fused-ring (bicyclic) bond motifs is 1. The second-order valence-electron chi connectivity index (χ2n) is 7.92. The van der Waals surface area contributed by atoms with Crippen LogP contribution in [0.2, 0.25) is 0 Å². The Kier molecular flexibility index (Phi) is 6.27. The van der Waals surface area contributed by atoms with Crippen molar-refractivity contribution in [2.45, 2.75) is 45.6 Å². The van der Waals surface area contributed by atoms with Gasteiger partial charge in [0.15, 0.2) is 11.2 Å². The van der Waals surface area contributed by atoms with Crippen LogP contribution in [-0.4, -0.2) is 23.7 Å². The molecule has 0 aliphatic carbocycles. The number of unbranched alkanes of at least 4 members (excludes halogenated alkanes) is 1. The predicted octanol–water partition coefficient (Wildman–Crippen LogP) is 2.96. The number of benzene rings is 1. The van der Waals surface area contributed by atoms with E-state index in [0.717, 1.165) is 34.9 Å². The standard InChI is InChI=1S/C23H22F3N5O3/c1-2-3-11-30-17(14-29-13-16(23(24,25)26)9-10-18(29)32)27-20-19(30)21(33)28-22(34)31(20)12-15-7-5-4-6-8-15/h4-10,13H,2-3,11-12,14H2,1H3,(H,28,33,34). The zero-order valence-electron chi connectivity index (χ0n) is 18.3. The summed E-state index contributed by atoms with van der Waals surface area (Å²) in [6, 6.07) is 10.7. The number of pyridine rings is 1. The van der Waals surface area contributed by atoms with Crippen LogP contribution in [-0.2, 0) is 25.8 Å². The number of nitrogens with zero attached hydrogens (tertiary/aromatic N) is 4. The zero-order chi connectivity index (χ0) is 24.5. The molecule has 0 fully saturated rings. The third-order valence-electron chi connectivity index (χ3n) is 5.51. The average molecular weight is 473 g/mol. The number of hydrogen-bond donors (Lipinski definition) is 1. The van der Waals surface area contributed by atoms with Crippen molar-refractivity contribution in [1.82, 2.24) is 23.7 Å². The molecular formula is C23H22F3N5O3. The first kappa shape index (κ1) is 23.3. The molecule has 0 unspecified atom stereocenters. The highest BCUT2D eigenvalue weighted by molar-refractivity contribution is 5.71. The minimum Gasteiger partial charge on any atom is -0.321 e. The molecule has 1 N–H and O–H groups in total. The van der Waals surface area contributed by atoms with Crippen molar-refractivity contribution in [2.75, 3.05) is 0 Å². The lowest BCUT2D eigenvalue weighted by atomic mass is 10.2. The van der Waals surface area contributed by atoms with Gasteiger partial charge in [0.1, 0.15) is 5.82 Å². The highest BCUT2D eigenvalue weighted by Gasteiger charge is 2.31. The van der Waals surface area contributed by atoms with Gasteiger partial charge in [-0.05, 0) is 18.1 Å². The van der Waals surface area contributed by atoms with Gasteiger partial charge in [0.05, 0.1) is 18.7 Å². The van der Waals surface area contributed by atoms with E-state index in [1.54, 1.807) is 4.57 Å². The van der Waals surface area contributed by atoms with Crippen molar-refractivity contribution in [2.24, 2.45) is 0 Å². The molecule has 4 rings (SSSR count). The van der Waals surface area contributed by atoms with Crippen LogP contribution in [0.5, 0.6) is 0 Å². The van der Waals surface area contributed by atoms with Gasteiger partial charge < -0.3 is 9.13 Å². The maximum absolute atomic E-state index is 13.2. The number of nitrogens with one attached hydrogen (secondary N) is 1. The minimum absolute atomic E-state index is 0.115. The Morgan fingerprint density at radius 2 is 1.71 bits per heavy atom. The molecule has 0 spiro atoms. The molecule has 0 aliphatic heterocycles. The number of H-pyrrole nitrogens is 1. The lowest BCUT2D eigenvalue weighted by molar-refractivity contribution is -0.138. The third-order valence-corrected chi connectivity index (χ3v) is 5.51. The monoisotopic (exact) mass is 473 g/mol. The summed E-state index contributed by atoms with van der Waals surface area (Å²) in [5.41, 5.74) is -1.85. The minimum atomic E-state index is -4.62. The van der Waals surface area contributed by atoms with Crippen molar-refractivity contribution in [3.63, 3.8) is 0 Å². The third kappa shape index (κ3) is 4.59. The number of alkyl halides is 3. The van der Waals surface area contributed by atoms with Crippen LogP contribution in [0.3, 0.4) is 0 Å². The van der Waals surface area contributed by atoms with Crippen LogP contribution in [0.4, 0.5) is 13.2 Å². The van der Waals surface area contributed by atoms with Crippen LogP contribution in [0.15, 0.2) is 63.0 Å². The molecule has 0 amide bonds. The van der Waals surface area contributed by atoms with E-state index < -0.39 is 28.5 Å². The Morgan fingerprint density at radius 1 is 0.971 bits per heavy atom. The summed E-state index contributed by atoms with van der Waals surface area (Å²) < 4.78 is 43.4. The summed E-state index contributed by atoms with van der Waals surface area (Å²) in [5, 5.41) is 0.